The van der Waals surface area contributed by atoms with Crippen LogP contribution in [0.15, 0.2) is 18.2 Å². The van der Waals surface area contributed by atoms with Gasteiger partial charge in [-0.1, -0.05) is 37.8 Å². The molecular formula is C14H22ClNO. The fraction of sp³-hybridized carbons (Fsp3) is 0.571. The second-order valence-corrected chi connectivity index (χ2v) is 4.80. The Balaban J connectivity index is 2.48. The molecule has 3 heteroatoms. The van der Waals surface area contributed by atoms with E-state index in [0.717, 1.165) is 11.4 Å². The van der Waals surface area contributed by atoms with Gasteiger partial charge in [-0.25, -0.2) is 0 Å². The minimum Gasteiger partial charge on any atom is -0.495 e. The van der Waals surface area contributed by atoms with Gasteiger partial charge in [0.05, 0.1) is 12.1 Å². The maximum absolute atomic E-state index is 6.07. The maximum atomic E-state index is 6.07. The first-order valence-electron chi connectivity index (χ1n) is 6.27. The van der Waals surface area contributed by atoms with E-state index >= 15 is 0 Å². The van der Waals surface area contributed by atoms with Crippen LogP contribution in [0.3, 0.4) is 0 Å². The maximum Gasteiger partial charge on any atom is 0.137 e. The Hall–Kier alpha value is -0.890. The summed E-state index contributed by atoms with van der Waals surface area (Å²) in [5, 5.41) is 4.10. The zero-order valence-electron chi connectivity index (χ0n) is 10.9. The van der Waals surface area contributed by atoms with Crippen LogP contribution in [0.5, 0.6) is 5.75 Å². The van der Waals surface area contributed by atoms with E-state index in [0.29, 0.717) is 11.1 Å². The molecule has 0 aliphatic carbocycles. The molecule has 0 aliphatic heterocycles. The van der Waals surface area contributed by atoms with Crippen LogP contribution in [0.2, 0.25) is 5.02 Å². The number of methoxy groups -OCH3 is 1. The summed E-state index contributed by atoms with van der Waals surface area (Å²) in [5.41, 5.74) is 1.06. The first kappa shape index (κ1) is 14.2. The molecule has 0 aliphatic rings. The fourth-order valence-corrected chi connectivity index (χ4v) is 2.07. The van der Waals surface area contributed by atoms with Crippen molar-refractivity contribution in [1.82, 2.24) is 0 Å². The van der Waals surface area contributed by atoms with Gasteiger partial charge in [-0.3, -0.25) is 0 Å². The molecule has 0 bridgehead atoms. The highest BCUT2D eigenvalue weighted by Crippen LogP contribution is 2.27. The number of anilines is 1. The van der Waals surface area contributed by atoms with Gasteiger partial charge in [0.15, 0.2) is 0 Å². The van der Waals surface area contributed by atoms with Crippen LogP contribution in [0.4, 0.5) is 5.69 Å². The van der Waals surface area contributed by atoms with Crippen LogP contribution in [0, 0.1) is 0 Å². The van der Waals surface area contributed by atoms with E-state index in [9.17, 15) is 0 Å². The fourth-order valence-electron chi connectivity index (χ4n) is 1.81. The number of unbranched alkanes of at least 4 members (excludes halogenated alkanes) is 2. The normalized spacial score (nSPS) is 12.2. The summed E-state index contributed by atoms with van der Waals surface area (Å²) >= 11 is 6.07. The zero-order chi connectivity index (χ0) is 12.7. The van der Waals surface area contributed by atoms with Gasteiger partial charge in [0.1, 0.15) is 5.75 Å². The Kier molecular flexibility index (Phi) is 6.20. The molecule has 0 radical (unpaired) electrons. The van der Waals surface area contributed by atoms with Gasteiger partial charge in [0.2, 0.25) is 0 Å². The van der Waals surface area contributed by atoms with E-state index in [1.165, 1.54) is 25.7 Å². The average molecular weight is 256 g/mol. The SMILES string of the molecule is CCCCCC(C)Nc1ccc(OC)c(Cl)c1. The van der Waals surface area contributed by atoms with Gasteiger partial charge in [0.25, 0.3) is 0 Å². The number of hydrogen-bond acceptors (Lipinski definition) is 2. The lowest BCUT2D eigenvalue weighted by Gasteiger charge is -2.15. The third kappa shape index (κ3) is 4.86. The molecule has 1 aromatic rings. The van der Waals surface area contributed by atoms with Crippen LogP contribution in [-0.2, 0) is 0 Å². The highest BCUT2D eigenvalue weighted by Gasteiger charge is 2.05. The largest absolute Gasteiger partial charge is 0.495 e. The molecule has 96 valence electrons. The predicted molar refractivity (Wildman–Crippen MR) is 75.2 cm³/mol. The van der Waals surface area contributed by atoms with E-state index in [4.69, 9.17) is 16.3 Å². The molecule has 1 atom stereocenters. The highest BCUT2D eigenvalue weighted by atomic mass is 35.5. The second-order valence-electron chi connectivity index (χ2n) is 4.39. The van der Waals surface area contributed by atoms with E-state index in [1.54, 1.807) is 7.11 Å². The van der Waals surface area contributed by atoms with Gasteiger partial charge < -0.3 is 10.1 Å². The molecule has 0 saturated heterocycles. The molecule has 1 N–H and O–H groups in total. The van der Waals surface area contributed by atoms with E-state index in [2.05, 4.69) is 19.2 Å². The Morgan fingerprint density at radius 2 is 2.12 bits per heavy atom. The van der Waals surface area contributed by atoms with E-state index < -0.39 is 0 Å². The molecule has 17 heavy (non-hydrogen) atoms. The first-order chi connectivity index (χ1) is 8.17. The van der Waals surface area contributed by atoms with Crippen molar-refractivity contribution in [2.24, 2.45) is 0 Å². The second kappa shape index (κ2) is 7.44. The lowest BCUT2D eigenvalue weighted by molar-refractivity contribution is 0.415. The van der Waals surface area contributed by atoms with Crippen LogP contribution in [0.25, 0.3) is 0 Å². The number of halogens is 1. The molecule has 0 amide bonds. The number of benzene rings is 1. The van der Waals surface area contributed by atoms with Crippen molar-refractivity contribution in [1.29, 1.82) is 0 Å². The van der Waals surface area contributed by atoms with Gasteiger partial charge in [-0.2, -0.15) is 0 Å². The Morgan fingerprint density at radius 3 is 2.71 bits per heavy atom. The topological polar surface area (TPSA) is 21.3 Å². The summed E-state index contributed by atoms with van der Waals surface area (Å²) in [6.45, 7) is 4.43. The summed E-state index contributed by atoms with van der Waals surface area (Å²) in [6.07, 6.45) is 5.03. The van der Waals surface area contributed by atoms with Crippen LogP contribution in [0.1, 0.15) is 39.5 Å². The summed E-state index contributed by atoms with van der Waals surface area (Å²) in [6, 6.07) is 6.28. The van der Waals surface area contributed by atoms with Gasteiger partial charge >= 0.3 is 0 Å². The van der Waals surface area contributed by atoms with Crippen molar-refractivity contribution in [3.8, 4) is 5.75 Å². The minimum atomic E-state index is 0.478. The Bertz CT molecular complexity index is 341. The summed E-state index contributed by atoms with van der Waals surface area (Å²) in [4.78, 5) is 0. The Morgan fingerprint density at radius 1 is 1.35 bits per heavy atom. The minimum absolute atomic E-state index is 0.478. The molecule has 2 nitrogen and oxygen atoms in total. The number of ether oxygens (including phenoxy) is 1. The summed E-state index contributed by atoms with van der Waals surface area (Å²) in [7, 11) is 1.63. The Labute approximate surface area is 109 Å². The highest BCUT2D eigenvalue weighted by molar-refractivity contribution is 6.32. The standard InChI is InChI=1S/C14H22ClNO/c1-4-5-6-7-11(2)16-12-8-9-14(17-3)13(15)10-12/h8-11,16H,4-7H2,1-3H3. The number of rotatable bonds is 7. The molecule has 0 spiro atoms. The van der Waals surface area contributed by atoms with Gasteiger partial charge in [-0.05, 0) is 31.5 Å². The molecule has 0 saturated carbocycles. The van der Waals surface area contributed by atoms with Gasteiger partial charge in [-0.15, -0.1) is 0 Å². The van der Waals surface area contributed by atoms with Crippen molar-refractivity contribution in [2.75, 3.05) is 12.4 Å². The van der Waals surface area contributed by atoms with Crippen LogP contribution < -0.4 is 10.1 Å². The predicted octanol–water partition coefficient (Wildman–Crippen LogP) is 4.73. The molecule has 1 unspecified atom stereocenters. The van der Waals surface area contributed by atoms with Crippen molar-refractivity contribution < 1.29 is 4.74 Å². The third-order valence-corrected chi connectivity index (χ3v) is 3.10. The van der Waals surface area contributed by atoms with Crippen LogP contribution in [-0.4, -0.2) is 13.2 Å². The lowest BCUT2D eigenvalue weighted by atomic mass is 10.1. The van der Waals surface area contributed by atoms with Crippen molar-refractivity contribution in [3.63, 3.8) is 0 Å². The molecule has 0 aromatic heterocycles. The molecule has 0 fully saturated rings. The quantitative estimate of drug-likeness (QED) is 0.712. The molecule has 0 heterocycles. The average Bonchev–Trinajstić information content (AvgIpc) is 2.29. The summed E-state index contributed by atoms with van der Waals surface area (Å²) in [5.74, 6) is 0.718. The lowest BCUT2D eigenvalue weighted by Crippen LogP contribution is -2.14. The van der Waals surface area contributed by atoms with Crippen molar-refractivity contribution >= 4 is 17.3 Å². The van der Waals surface area contributed by atoms with Crippen LogP contribution >= 0.6 is 11.6 Å². The third-order valence-electron chi connectivity index (χ3n) is 2.81. The monoisotopic (exact) mass is 255 g/mol. The zero-order valence-corrected chi connectivity index (χ0v) is 11.7. The molecule has 1 rings (SSSR count). The van der Waals surface area contributed by atoms with E-state index in [-0.39, 0.29) is 0 Å². The molecule has 1 aromatic carbocycles. The number of nitrogens with one attached hydrogen (secondary N) is 1. The smallest absolute Gasteiger partial charge is 0.137 e. The van der Waals surface area contributed by atoms with E-state index in [1.807, 2.05) is 18.2 Å². The first-order valence-corrected chi connectivity index (χ1v) is 6.65. The summed E-state index contributed by atoms with van der Waals surface area (Å²) < 4.78 is 5.12. The van der Waals surface area contributed by atoms with Crippen molar-refractivity contribution in [2.45, 2.75) is 45.6 Å². The number of hydrogen-bond donors (Lipinski definition) is 1. The van der Waals surface area contributed by atoms with Gasteiger partial charge in [0, 0.05) is 11.7 Å². The van der Waals surface area contributed by atoms with Crippen molar-refractivity contribution in [3.05, 3.63) is 23.2 Å². The molecular weight excluding hydrogens is 234 g/mol.